The second-order valence-corrected chi connectivity index (χ2v) is 7.55. The second kappa shape index (κ2) is 6.84. The molecule has 1 saturated heterocycles. The quantitative estimate of drug-likeness (QED) is 0.809. The van der Waals surface area contributed by atoms with Crippen molar-refractivity contribution in [2.24, 2.45) is 0 Å². The Labute approximate surface area is 141 Å². The zero-order valence-electron chi connectivity index (χ0n) is 15.4. The molecule has 1 aromatic rings. The van der Waals surface area contributed by atoms with Crippen molar-refractivity contribution in [3.8, 4) is 0 Å². The van der Waals surface area contributed by atoms with E-state index in [2.05, 4.69) is 36.2 Å². The van der Waals surface area contributed by atoms with E-state index in [1.54, 1.807) is 21.3 Å². The summed E-state index contributed by atoms with van der Waals surface area (Å²) in [5, 5.41) is 13.6. The van der Waals surface area contributed by atoms with E-state index in [1.165, 1.54) is 16.8 Å². The third-order valence-electron chi connectivity index (χ3n) is 4.91. The third kappa shape index (κ3) is 4.28. The molecule has 0 aromatic heterocycles. The van der Waals surface area contributed by atoms with Crippen LogP contribution in [0.3, 0.4) is 0 Å². The summed E-state index contributed by atoms with van der Waals surface area (Å²) in [7, 11) is 1.76. The van der Waals surface area contributed by atoms with Crippen molar-refractivity contribution in [3.63, 3.8) is 0 Å². The van der Waals surface area contributed by atoms with Gasteiger partial charge in [-0.1, -0.05) is 17.6 Å². The maximum Gasteiger partial charge on any atom is 0.330 e. The maximum atomic E-state index is 10.2. The fraction of sp³-hybridized carbons (Fsp3) is 0.667. The molecule has 4 nitrogen and oxygen atoms in total. The zero-order valence-corrected chi connectivity index (χ0v) is 15.4. The van der Waals surface area contributed by atoms with Gasteiger partial charge in [0.1, 0.15) is 0 Å². The molecule has 127 valence electrons. The SMILES string of the molecule is Cc1cc([B]OC(C)(C)C(C)(C)O)cc(C)c1N1CCNCC1. The van der Waals surface area contributed by atoms with Crippen LogP contribution in [0, 0.1) is 13.8 Å². The molecule has 0 aliphatic carbocycles. The normalized spacial score (nSPS) is 16.6. The van der Waals surface area contributed by atoms with Crippen LogP contribution in [0.2, 0.25) is 0 Å². The molecule has 1 aromatic carbocycles. The van der Waals surface area contributed by atoms with E-state index in [1.807, 2.05) is 13.8 Å². The first-order chi connectivity index (χ1) is 10.6. The molecule has 1 aliphatic rings. The van der Waals surface area contributed by atoms with Crippen molar-refractivity contribution < 1.29 is 9.76 Å². The van der Waals surface area contributed by atoms with Gasteiger partial charge >= 0.3 is 7.48 Å². The lowest BCUT2D eigenvalue weighted by Crippen LogP contribution is -2.49. The molecule has 0 saturated carbocycles. The van der Waals surface area contributed by atoms with E-state index in [9.17, 15) is 5.11 Å². The fourth-order valence-electron chi connectivity index (χ4n) is 2.80. The summed E-state index contributed by atoms with van der Waals surface area (Å²) in [4.78, 5) is 2.45. The Morgan fingerprint density at radius 3 is 2.09 bits per heavy atom. The van der Waals surface area contributed by atoms with Crippen LogP contribution in [0.1, 0.15) is 38.8 Å². The number of aryl methyl sites for hydroxylation is 2. The highest BCUT2D eigenvalue weighted by atomic mass is 16.5. The highest BCUT2D eigenvalue weighted by molar-refractivity contribution is 6.47. The molecule has 1 radical (unpaired) electrons. The van der Waals surface area contributed by atoms with E-state index in [0.717, 1.165) is 31.6 Å². The molecule has 0 bridgehead atoms. The summed E-state index contributed by atoms with van der Waals surface area (Å²) >= 11 is 0. The Morgan fingerprint density at radius 1 is 1.09 bits per heavy atom. The van der Waals surface area contributed by atoms with Gasteiger partial charge in [0.25, 0.3) is 0 Å². The van der Waals surface area contributed by atoms with Crippen molar-refractivity contribution in [1.29, 1.82) is 0 Å². The predicted molar refractivity (Wildman–Crippen MR) is 97.8 cm³/mol. The average Bonchev–Trinajstić information content (AvgIpc) is 2.44. The number of hydrogen-bond donors (Lipinski definition) is 2. The van der Waals surface area contributed by atoms with Gasteiger partial charge in [0.05, 0.1) is 11.2 Å². The first-order valence-corrected chi connectivity index (χ1v) is 8.42. The first kappa shape index (κ1) is 18.3. The van der Waals surface area contributed by atoms with Crippen LogP contribution in [0.4, 0.5) is 5.69 Å². The number of hydrogen-bond acceptors (Lipinski definition) is 4. The molecule has 0 spiro atoms. The van der Waals surface area contributed by atoms with Gasteiger partial charge in [-0.25, -0.2) is 0 Å². The number of anilines is 1. The van der Waals surface area contributed by atoms with Crippen LogP contribution in [-0.4, -0.2) is 50.0 Å². The lowest BCUT2D eigenvalue weighted by molar-refractivity contribution is -0.0893. The summed E-state index contributed by atoms with van der Waals surface area (Å²) in [6.07, 6.45) is 0. The number of rotatable bonds is 5. The van der Waals surface area contributed by atoms with Gasteiger partial charge in [-0.2, -0.15) is 0 Å². The third-order valence-corrected chi connectivity index (χ3v) is 4.91. The minimum atomic E-state index is -0.908. The van der Waals surface area contributed by atoms with Crippen LogP contribution in [0.25, 0.3) is 0 Å². The van der Waals surface area contributed by atoms with Crippen molar-refractivity contribution in [2.75, 3.05) is 31.1 Å². The lowest BCUT2D eigenvalue weighted by Gasteiger charge is -2.37. The number of piperazine rings is 1. The highest BCUT2D eigenvalue weighted by Crippen LogP contribution is 2.26. The number of nitrogens with zero attached hydrogens (tertiary/aromatic N) is 1. The summed E-state index contributed by atoms with van der Waals surface area (Å²) < 4.78 is 5.88. The molecule has 0 unspecified atom stereocenters. The Bertz CT molecular complexity index is 523. The van der Waals surface area contributed by atoms with E-state index >= 15 is 0 Å². The number of aliphatic hydroxyl groups is 1. The molecule has 2 rings (SSSR count). The Hall–Kier alpha value is -1.04. The van der Waals surface area contributed by atoms with Crippen LogP contribution in [-0.2, 0) is 4.65 Å². The molecular weight excluding hydrogens is 287 g/mol. The lowest BCUT2D eigenvalue weighted by atomic mass is 9.81. The Kier molecular flexibility index (Phi) is 5.44. The van der Waals surface area contributed by atoms with Crippen molar-refractivity contribution in [1.82, 2.24) is 5.32 Å². The van der Waals surface area contributed by atoms with Gasteiger partial charge in [0, 0.05) is 31.9 Å². The molecule has 1 aliphatic heterocycles. The molecule has 0 amide bonds. The molecule has 23 heavy (non-hydrogen) atoms. The monoisotopic (exact) mass is 317 g/mol. The smallest absolute Gasteiger partial charge is 0.330 e. The first-order valence-electron chi connectivity index (χ1n) is 8.42. The van der Waals surface area contributed by atoms with E-state index in [0.29, 0.717) is 0 Å². The summed E-state index contributed by atoms with van der Waals surface area (Å²) in [6, 6.07) is 4.32. The van der Waals surface area contributed by atoms with Gasteiger partial charge in [-0.05, 0) is 52.7 Å². The molecule has 1 heterocycles. The molecule has 1 fully saturated rings. The van der Waals surface area contributed by atoms with Crippen molar-refractivity contribution in [3.05, 3.63) is 23.3 Å². The van der Waals surface area contributed by atoms with Gasteiger partial charge < -0.3 is 20.0 Å². The summed E-state index contributed by atoms with van der Waals surface area (Å²) in [5.74, 6) is 0. The Morgan fingerprint density at radius 2 is 1.61 bits per heavy atom. The van der Waals surface area contributed by atoms with Gasteiger partial charge in [0.2, 0.25) is 0 Å². The van der Waals surface area contributed by atoms with E-state index in [4.69, 9.17) is 4.65 Å². The van der Waals surface area contributed by atoms with Crippen LogP contribution < -0.4 is 15.7 Å². The van der Waals surface area contributed by atoms with Crippen molar-refractivity contribution in [2.45, 2.75) is 52.7 Å². The molecule has 2 N–H and O–H groups in total. The molecular formula is C18H30BN2O2. The van der Waals surface area contributed by atoms with Crippen LogP contribution >= 0.6 is 0 Å². The molecule has 5 heteroatoms. The summed E-state index contributed by atoms with van der Waals surface area (Å²) in [5.41, 5.74) is 3.35. The van der Waals surface area contributed by atoms with Gasteiger partial charge in [-0.3, -0.25) is 0 Å². The van der Waals surface area contributed by atoms with Gasteiger partial charge in [-0.15, -0.1) is 0 Å². The molecule has 0 atom stereocenters. The Balaban J connectivity index is 2.13. The minimum absolute atomic E-state index is 0.647. The average molecular weight is 317 g/mol. The van der Waals surface area contributed by atoms with Gasteiger partial charge in [0.15, 0.2) is 0 Å². The zero-order chi connectivity index (χ0) is 17.3. The maximum absolute atomic E-state index is 10.2. The van der Waals surface area contributed by atoms with E-state index < -0.39 is 11.2 Å². The van der Waals surface area contributed by atoms with Crippen molar-refractivity contribution >= 4 is 18.6 Å². The minimum Gasteiger partial charge on any atom is -0.427 e. The predicted octanol–water partition coefficient (Wildman–Crippen LogP) is 1.52. The topological polar surface area (TPSA) is 44.7 Å². The van der Waals surface area contributed by atoms with E-state index in [-0.39, 0.29) is 0 Å². The van der Waals surface area contributed by atoms with Crippen LogP contribution in [0.15, 0.2) is 12.1 Å². The second-order valence-electron chi connectivity index (χ2n) is 7.55. The number of benzene rings is 1. The number of nitrogens with one attached hydrogen (secondary N) is 1. The summed E-state index contributed by atoms with van der Waals surface area (Å²) in [6.45, 7) is 15.8. The largest absolute Gasteiger partial charge is 0.427 e. The van der Waals surface area contributed by atoms with Crippen LogP contribution in [0.5, 0.6) is 0 Å². The fourth-order valence-corrected chi connectivity index (χ4v) is 2.80. The highest BCUT2D eigenvalue weighted by Gasteiger charge is 2.35. The standard InChI is InChI=1S/C18H30BN2O2/c1-13-11-15(19-23-18(5,6)17(3,4)22)12-14(2)16(13)21-9-7-20-8-10-21/h11-12,20,22H,7-10H2,1-6H3.